The SMILES string of the molecule is CCCCOCCOCC(O)CNCC(=O)NC(C)(C)C. The first-order valence-electron chi connectivity index (χ1n) is 7.70. The molecule has 0 radical (unpaired) electrons. The molecule has 126 valence electrons. The van der Waals surface area contributed by atoms with Gasteiger partial charge in [-0.15, -0.1) is 0 Å². The molecule has 3 N–H and O–H groups in total. The minimum Gasteiger partial charge on any atom is -0.389 e. The van der Waals surface area contributed by atoms with Gasteiger partial charge in [-0.2, -0.15) is 0 Å². The van der Waals surface area contributed by atoms with Gasteiger partial charge in [0.1, 0.15) is 0 Å². The van der Waals surface area contributed by atoms with Gasteiger partial charge in [-0.1, -0.05) is 13.3 Å². The van der Waals surface area contributed by atoms with E-state index in [4.69, 9.17) is 9.47 Å². The normalized spacial score (nSPS) is 13.2. The summed E-state index contributed by atoms with van der Waals surface area (Å²) in [5, 5.41) is 15.4. The van der Waals surface area contributed by atoms with Crippen molar-refractivity contribution in [2.75, 3.05) is 39.5 Å². The van der Waals surface area contributed by atoms with Crippen molar-refractivity contribution >= 4 is 5.91 Å². The van der Waals surface area contributed by atoms with Crippen LogP contribution in [0.25, 0.3) is 0 Å². The van der Waals surface area contributed by atoms with Crippen molar-refractivity contribution in [2.45, 2.75) is 52.2 Å². The van der Waals surface area contributed by atoms with Crippen LogP contribution in [-0.2, 0) is 14.3 Å². The molecular formula is C15H32N2O4. The van der Waals surface area contributed by atoms with Gasteiger partial charge < -0.3 is 25.2 Å². The zero-order chi connectivity index (χ0) is 16.1. The van der Waals surface area contributed by atoms with E-state index in [0.29, 0.717) is 19.8 Å². The zero-order valence-electron chi connectivity index (χ0n) is 13.9. The van der Waals surface area contributed by atoms with Gasteiger partial charge in [0.25, 0.3) is 0 Å². The van der Waals surface area contributed by atoms with Gasteiger partial charge in [0, 0.05) is 18.7 Å². The molecule has 0 saturated carbocycles. The molecule has 0 saturated heterocycles. The molecular weight excluding hydrogens is 272 g/mol. The van der Waals surface area contributed by atoms with Gasteiger partial charge in [0.2, 0.25) is 5.91 Å². The van der Waals surface area contributed by atoms with E-state index in [0.717, 1.165) is 19.4 Å². The first kappa shape index (κ1) is 20.3. The predicted octanol–water partition coefficient (Wildman–Crippen LogP) is 0.685. The first-order chi connectivity index (χ1) is 9.85. The van der Waals surface area contributed by atoms with Crippen molar-refractivity contribution in [1.82, 2.24) is 10.6 Å². The molecule has 6 nitrogen and oxygen atoms in total. The van der Waals surface area contributed by atoms with Crippen molar-refractivity contribution in [1.29, 1.82) is 0 Å². The van der Waals surface area contributed by atoms with E-state index in [1.165, 1.54) is 0 Å². The lowest BCUT2D eigenvalue weighted by Gasteiger charge is -2.21. The van der Waals surface area contributed by atoms with Crippen molar-refractivity contribution in [3.8, 4) is 0 Å². The molecule has 6 heteroatoms. The molecule has 0 aromatic rings. The Hall–Kier alpha value is -0.690. The highest BCUT2D eigenvalue weighted by atomic mass is 16.5. The molecule has 0 bridgehead atoms. The monoisotopic (exact) mass is 304 g/mol. The summed E-state index contributed by atoms with van der Waals surface area (Å²) in [5.74, 6) is -0.0834. The third kappa shape index (κ3) is 15.5. The summed E-state index contributed by atoms with van der Waals surface area (Å²) >= 11 is 0. The van der Waals surface area contributed by atoms with Crippen LogP contribution >= 0.6 is 0 Å². The number of amides is 1. The van der Waals surface area contributed by atoms with Crippen LogP contribution in [0.3, 0.4) is 0 Å². The molecule has 0 aromatic heterocycles. The molecule has 0 aromatic carbocycles. The number of hydrogen-bond acceptors (Lipinski definition) is 5. The minimum absolute atomic E-state index is 0.0834. The lowest BCUT2D eigenvalue weighted by Crippen LogP contribution is -2.46. The number of rotatable bonds is 12. The number of unbranched alkanes of at least 4 members (excludes halogenated alkanes) is 1. The van der Waals surface area contributed by atoms with E-state index in [1.807, 2.05) is 20.8 Å². The van der Waals surface area contributed by atoms with E-state index in [9.17, 15) is 9.90 Å². The minimum atomic E-state index is -0.622. The van der Waals surface area contributed by atoms with Crippen LogP contribution in [0, 0.1) is 0 Å². The lowest BCUT2D eigenvalue weighted by molar-refractivity contribution is -0.121. The van der Waals surface area contributed by atoms with E-state index in [1.54, 1.807) is 0 Å². The maximum absolute atomic E-state index is 11.5. The molecule has 21 heavy (non-hydrogen) atoms. The number of hydrogen-bond donors (Lipinski definition) is 3. The van der Waals surface area contributed by atoms with Crippen LogP contribution in [-0.4, -0.2) is 62.2 Å². The van der Waals surface area contributed by atoms with Crippen LogP contribution in [0.15, 0.2) is 0 Å². The fourth-order valence-corrected chi connectivity index (χ4v) is 1.56. The van der Waals surface area contributed by atoms with E-state index in [-0.39, 0.29) is 24.6 Å². The maximum atomic E-state index is 11.5. The summed E-state index contributed by atoms with van der Waals surface area (Å²) in [6.45, 7) is 10.4. The quantitative estimate of drug-likeness (QED) is 0.462. The molecule has 1 atom stereocenters. The number of nitrogens with one attached hydrogen (secondary N) is 2. The molecule has 0 fully saturated rings. The Balaban J connectivity index is 3.42. The van der Waals surface area contributed by atoms with Crippen LogP contribution in [0.5, 0.6) is 0 Å². The van der Waals surface area contributed by atoms with Gasteiger partial charge in [0.05, 0.1) is 32.5 Å². The van der Waals surface area contributed by atoms with Crippen LogP contribution in [0.1, 0.15) is 40.5 Å². The summed E-state index contributed by atoms with van der Waals surface area (Å²) in [4.78, 5) is 11.5. The van der Waals surface area contributed by atoms with Gasteiger partial charge in [-0.25, -0.2) is 0 Å². The number of carbonyl (C=O) groups is 1. The van der Waals surface area contributed by atoms with Crippen molar-refractivity contribution < 1.29 is 19.4 Å². The fraction of sp³-hybridized carbons (Fsp3) is 0.933. The Morgan fingerprint density at radius 2 is 1.86 bits per heavy atom. The molecule has 0 rings (SSSR count). The van der Waals surface area contributed by atoms with Crippen molar-refractivity contribution in [3.05, 3.63) is 0 Å². The average molecular weight is 304 g/mol. The largest absolute Gasteiger partial charge is 0.389 e. The summed E-state index contributed by atoms with van der Waals surface area (Å²) in [6.07, 6.45) is 1.56. The van der Waals surface area contributed by atoms with Crippen molar-refractivity contribution in [2.24, 2.45) is 0 Å². The zero-order valence-corrected chi connectivity index (χ0v) is 13.9. The molecule has 0 heterocycles. The maximum Gasteiger partial charge on any atom is 0.234 e. The Kier molecular flexibility index (Phi) is 11.5. The second kappa shape index (κ2) is 11.9. The Morgan fingerprint density at radius 3 is 2.48 bits per heavy atom. The van der Waals surface area contributed by atoms with Gasteiger partial charge in [-0.05, 0) is 27.2 Å². The second-order valence-corrected chi connectivity index (χ2v) is 6.12. The fourth-order valence-electron chi connectivity index (χ4n) is 1.56. The van der Waals surface area contributed by atoms with Crippen LogP contribution in [0.4, 0.5) is 0 Å². The van der Waals surface area contributed by atoms with Gasteiger partial charge in [0.15, 0.2) is 0 Å². The van der Waals surface area contributed by atoms with Crippen LogP contribution < -0.4 is 10.6 Å². The van der Waals surface area contributed by atoms with Gasteiger partial charge >= 0.3 is 0 Å². The summed E-state index contributed by atoms with van der Waals surface area (Å²) in [6, 6.07) is 0. The van der Waals surface area contributed by atoms with Crippen LogP contribution in [0.2, 0.25) is 0 Å². The third-order valence-corrected chi connectivity index (χ3v) is 2.50. The summed E-state index contributed by atoms with van der Waals surface area (Å²) < 4.78 is 10.6. The third-order valence-electron chi connectivity index (χ3n) is 2.50. The first-order valence-corrected chi connectivity index (χ1v) is 7.70. The highest BCUT2D eigenvalue weighted by molar-refractivity contribution is 5.78. The second-order valence-electron chi connectivity index (χ2n) is 6.12. The lowest BCUT2D eigenvalue weighted by atomic mass is 10.1. The molecule has 0 aliphatic carbocycles. The Bertz CT molecular complexity index is 267. The standard InChI is InChI=1S/C15H32N2O4/c1-5-6-7-20-8-9-21-12-13(18)10-16-11-14(19)17-15(2,3)4/h13,16,18H,5-12H2,1-4H3,(H,17,19). The smallest absolute Gasteiger partial charge is 0.234 e. The Morgan fingerprint density at radius 1 is 1.19 bits per heavy atom. The molecule has 0 spiro atoms. The van der Waals surface area contributed by atoms with Gasteiger partial charge in [-0.3, -0.25) is 4.79 Å². The van der Waals surface area contributed by atoms with E-state index < -0.39 is 6.10 Å². The number of aliphatic hydroxyl groups is 1. The Labute approximate surface area is 128 Å². The molecule has 0 aliphatic rings. The molecule has 0 aliphatic heterocycles. The number of carbonyl (C=O) groups excluding carboxylic acids is 1. The predicted molar refractivity (Wildman–Crippen MR) is 83.3 cm³/mol. The number of ether oxygens (including phenoxy) is 2. The van der Waals surface area contributed by atoms with E-state index in [2.05, 4.69) is 17.6 Å². The topological polar surface area (TPSA) is 79.8 Å². The van der Waals surface area contributed by atoms with Crippen molar-refractivity contribution in [3.63, 3.8) is 0 Å². The number of aliphatic hydroxyl groups excluding tert-OH is 1. The highest BCUT2D eigenvalue weighted by Crippen LogP contribution is 1.97. The van der Waals surface area contributed by atoms with E-state index >= 15 is 0 Å². The highest BCUT2D eigenvalue weighted by Gasteiger charge is 2.13. The summed E-state index contributed by atoms with van der Waals surface area (Å²) in [7, 11) is 0. The summed E-state index contributed by atoms with van der Waals surface area (Å²) in [5.41, 5.74) is -0.238. The molecule has 1 amide bonds. The molecule has 1 unspecified atom stereocenters. The average Bonchev–Trinajstić information content (AvgIpc) is 2.35.